The fourth-order valence-electron chi connectivity index (χ4n) is 2.62. The van der Waals surface area contributed by atoms with Crippen molar-refractivity contribution in [2.45, 2.75) is 44.5 Å². The van der Waals surface area contributed by atoms with Crippen molar-refractivity contribution in [2.24, 2.45) is 0 Å². The summed E-state index contributed by atoms with van der Waals surface area (Å²) in [6.45, 7) is 0. The second kappa shape index (κ2) is 8.95. The number of carbonyl (C=O) groups is 2. The molecule has 38 heavy (non-hydrogen) atoms. The van der Waals surface area contributed by atoms with Gasteiger partial charge in [0.05, 0.1) is 16.0 Å². The van der Waals surface area contributed by atoms with Crippen molar-refractivity contribution in [2.75, 3.05) is 0 Å². The minimum Gasteiger partial charge on any atom is -0.288 e. The first-order valence-electron chi connectivity index (χ1n) is 8.20. The van der Waals surface area contributed by atoms with Gasteiger partial charge in [-0.1, -0.05) is 0 Å². The zero-order valence-corrected chi connectivity index (χ0v) is 18.8. The summed E-state index contributed by atoms with van der Waals surface area (Å²) in [7, 11) is -16.2. The van der Waals surface area contributed by atoms with Gasteiger partial charge in [-0.25, -0.2) is 16.8 Å². The molecule has 1 radical (unpaired) electrons. The molecule has 0 spiro atoms. The quantitative estimate of drug-likeness (QED) is 0.298. The predicted octanol–water partition coefficient (Wildman–Crippen LogP) is 3.32. The van der Waals surface area contributed by atoms with E-state index in [1.165, 1.54) is 0 Å². The molecule has 0 fully saturated rings. The maximum absolute atomic E-state index is 14.2. The number of nitrogens with one attached hydrogen (secondary N) is 1. The Morgan fingerprint density at radius 1 is 0.579 bits per heavy atom. The minimum absolute atomic E-state index is 0. The van der Waals surface area contributed by atoms with Gasteiger partial charge in [0.15, 0.2) is 0 Å². The normalized spacial score (nSPS) is 16.2. The average molecular weight is 618 g/mol. The molecule has 2 amide bonds. The van der Waals surface area contributed by atoms with Crippen LogP contribution in [0, 0.1) is 0 Å². The molecule has 0 saturated heterocycles. The summed E-state index contributed by atoms with van der Waals surface area (Å²) in [5.41, 5.74) is -4.09. The van der Waals surface area contributed by atoms with Gasteiger partial charge in [-0.15, -0.1) is 0 Å². The fourth-order valence-corrected chi connectivity index (χ4v) is 6.12. The van der Waals surface area contributed by atoms with Crippen LogP contribution in [0.1, 0.15) is 20.7 Å². The van der Waals surface area contributed by atoms with E-state index in [0.29, 0.717) is 0 Å². The van der Waals surface area contributed by atoms with E-state index in [2.05, 4.69) is 0 Å². The van der Waals surface area contributed by atoms with Crippen molar-refractivity contribution in [1.82, 2.24) is 5.32 Å². The van der Waals surface area contributed by atoms with E-state index in [1.807, 2.05) is 0 Å². The first kappa shape index (κ1) is 33.9. The van der Waals surface area contributed by atoms with Crippen molar-refractivity contribution in [1.29, 1.82) is 0 Å². The van der Waals surface area contributed by atoms with Gasteiger partial charge in [0.1, 0.15) is 4.90 Å². The molecule has 0 aromatic heterocycles. The molecule has 1 aromatic rings. The van der Waals surface area contributed by atoms with Gasteiger partial charge in [-0.05, 0) is 12.1 Å². The Kier molecular flexibility index (Phi) is 7.99. The largest absolute Gasteiger partial charge is 0.461 e. The Morgan fingerprint density at radius 3 is 1.32 bits per heavy atom. The molecular weight excluding hydrogens is 615 g/mol. The molecule has 0 atom stereocenters. The van der Waals surface area contributed by atoms with Crippen molar-refractivity contribution in [3.05, 3.63) is 23.3 Å². The molecule has 2 rings (SSSR count). The Labute approximate surface area is 211 Å². The minimum atomic E-state index is -8.17. The van der Waals surface area contributed by atoms with Crippen LogP contribution in [0.3, 0.4) is 0 Å². The van der Waals surface area contributed by atoms with E-state index in [4.69, 9.17) is 0 Å². The number of benzene rings is 1. The van der Waals surface area contributed by atoms with Crippen molar-refractivity contribution < 1.29 is 87.9 Å². The molecule has 1 heterocycles. The van der Waals surface area contributed by atoms with Gasteiger partial charge in [0.25, 0.3) is 31.5 Å². The standard InChI is InChI=1S/C14H3F14NO6S2.Li/c15-9(16,11(19,20)21)13(25,26)36(32,33)4-2-1-3-5(8(31)29-7(3)30)6(4)37(34,35)14(27,28)10(17,18)12(22,23)24;/h1-2H,(H,29,30,31);. The van der Waals surface area contributed by atoms with Crippen LogP contribution in [0.25, 0.3) is 0 Å². The molecule has 1 aromatic carbocycles. The second-order valence-corrected chi connectivity index (χ2v) is 10.7. The zero-order chi connectivity index (χ0) is 29.6. The van der Waals surface area contributed by atoms with Gasteiger partial charge in [0, 0.05) is 18.9 Å². The van der Waals surface area contributed by atoms with E-state index in [9.17, 15) is 87.9 Å². The number of hydrogen-bond donors (Lipinski definition) is 1. The zero-order valence-electron chi connectivity index (χ0n) is 17.2. The summed E-state index contributed by atoms with van der Waals surface area (Å²) in [6.07, 6.45) is -15.0. The summed E-state index contributed by atoms with van der Waals surface area (Å²) in [4.78, 5) is 16.6. The molecule has 0 bridgehead atoms. The number of hydrogen-bond acceptors (Lipinski definition) is 6. The number of halogens is 14. The summed E-state index contributed by atoms with van der Waals surface area (Å²) in [6, 6.07) is -1.13. The van der Waals surface area contributed by atoms with Gasteiger partial charge in [0.2, 0.25) is 0 Å². The van der Waals surface area contributed by atoms with Crippen molar-refractivity contribution >= 4 is 50.3 Å². The van der Waals surface area contributed by atoms with Gasteiger partial charge < -0.3 is 0 Å². The van der Waals surface area contributed by atoms with Gasteiger partial charge in [-0.2, -0.15) is 61.5 Å². The predicted molar refractivity (Wildman–Crippen MR) is 90.3 cm³/mol. The average Bonchev–Trinajstić information content (AvgIpc) is 2.98. The van der Waals surface area contributed by atoms with Crippen LogP contribution in [-0.2, 0) is 19.7 Å². The van der Waals surface area contributed by atoms with Crippen LogP contribution in [0.2, 0.25) is 0 Å². The van der Waals surface area contributed by atoms with Crippen molar-refractivity contribution in [3.8, 4) is 0 Å². The number of carbonyl (C=O) groups excluding carboxylic acids is 2. The smallest absolute Gasteiger partial charge is 0.288 e. The van der Waals surface area contributed by atoms with E-state index >= 15 is 0 Å². The van der Waals surface area contributed by atoms with E-state index in [-0.39, 0.29) is 24.9 Å². The maximum atomic E-state index is 14.2. The van der Waals surface area contributed by atoms with Crippen LogP contribution >= 0.6 is 0 Å². The first-order valence-corrected chi connectivity index (χ1v) is 11.2. The van der Waals surface area contributed by atoms with E-state index in [0.717, 1.165) is 5.32 Å². The molecular formula is C14H3F14LiNO6S2. The van der Waals surface area contributed by atoms with Crippen LogP contribution in [0.5, 0.6) is 0 Å². The summed E-state index contributed by atoms with van der Waals surface area (Å²) < 4.78 is 234. The number of rotatable bonds is 6. The van der Waals surface area contributed by atoms with Crippen LogP contribution in [-0.4, -0.2) is 82.2 Å². The van der Waals surface area contributed by atoms with Crippen LogP contribution in [0.4, 0.5) is 61.5 Å². The third kappa shape index (κ3) is 4.25. The summed E-state index contributed by atoms with van der Waals surface area (Å²) in [5.74, 6) is -19.7. The summed E-state index contributed by atoms with van der Waals surface area (Å²) >= 11 is 0. The number of sulfone groups is 2. The number of fused-ring (bicyclic) bond motifs is 1. The topological polar surface area (TPSA) is 114 Å². The number of imide groups is 1. The molecule has 24 heteroatoms. The van der Waals surface area contributed by atoms with E-state index in [1.54, 1.807) is 0 Å². The Hall–Kier alpha value is -2.12. The molecule has 7 nitrogen and oxygen atoms in total. The second-order valence-electron chi connectivity index (χ2n) is 6.78. The van der Waals surface area contributed by atoms with Gasteiger partial charge >= 0.3 is 34.7 Å². The molecule has 0 saturated carbocycles. The third-order valence-electron chi connectivity index (χ3n) is 4.50. The number of alkyl halides is 14. The number of amides is 2. The van der Waals surface area contributed by atoms with Crippen LogP contribution < -0.4 is 5.32 Å². The van der Waals surface area contributed by atoms with Crippen LogP contribution in [0.15, 0.2) is 21.9 Å². The molecule has 211 valence electrons. The fraction of sp³-hybridized carbons (Fsp3) is 0.429. The molecule has 1 aliphatic rings. The first-order chi connectivity index (χ1) is 16.0. The van der Waals surface area contributed by atoms with E-state index < -0.39 is 93.2 Å². The molecule has 1 aliphatic heterocycles. The van der Waals surface area contributed by atoms with Gasteiger partial charge in [-0.3, -0.25) is 14.9 Å². The van der Waals surface area contributed by atoms with Crippen molar-refractivity contribution in [3.63, 3.8) is 0 Å². The Morgan fingerprint density at radius 2 is 0.947 bits per heavy atom. The maximum Gasteiger partial charge on any atom is 0.461 e. The third-order valence-corrected chi connectivity index (χ3v) is 8.37. The monoisotopic (exact) mass is 618 g/mol. The molecule has 0 aliphatic carbocycles. The molecule has 1 N–H and O–H groups in total. The Bertz CT molecular complexity index is 1400. The summed E-state index contributed by atoms with van der Waals surface area (Å²) in [5, 5.41) is -14.2. The Balaban J connectivity index is 0.00000722. The SMILES string of the molecule is O=C1NC(=O)c2c1ccc(S(=O)(=O)C(F)(F)C(F)(F)C(F)(F)F)c2S(=O)(=O)C(F)(F)C(F)(F)C(F)(F)F.[Li]. The molecule has 0 unspecified atom stereocenters.